The maximum atomic E-state index is 11.6. The maximum absolute atomic E-state index is 11.6. The number of hydrogen-bond acceptors (Lipinski definition) is 6. The number of pyridine rings is 1. The molecular formula is C28H25NO5. The van der Waals surface area contributed by atoms with Crippen LogP contribution in [0.2, 0.25) is 0 Å². The number of aliphatic hydroxyl groups is 1. The van der Waals surface area contributed by atoms with Crippen LogP contribution < -0.4 is 9.47 Å². The lowest BCUT2D eigenvalue weighted by molar-refractivity contribution is 0.0503. The van der Waals surface area contributed by atoms with Gasteiger partial charge in [0, 0.05) is 16.9 Å². The predicted octanol–water partition coefficient (Wildman–Crippen LogP) is 4.89. The van der Waals surface area contributed by atoms with E-state index in [9.17, 15) is 9.90 Å². The van der Waals surface area contributed by atoms with Crippen LogP contribution in [-0.4, -0.2) is 29.8 Å². The Morgan fingerprint density at radius 2 is 1.88 bits per heavy atom. The van der Waals surface area contributed by atoms with Crippen molar-refractivity contribution in [2.75, 3.05) is 13.7 Å². The number of aromatic nitrogens is 1. The van der Waals surface area contributed by atoms with Crippen LogP contribution in [0.5, 0.6) is 11.5 Å². The SMILES string of the molecule is COC(=O)c1ccc(CC2COc3ccc(OCc4ccc5ccccc5n4)cc3C2O)cc1. The van der Waals surface area contributed by atoms with Gasteiger partial charge in [0.25, 0.3) is 0 Å². The maximum Gasteiger partial charge on any atom is 0.337 e. The van der Waals surface area contributed by atoms with E-state index in [1.807, 2.05) is 66.7 Å². The molecule has 0 saturated carbocycles. The quantitative estimate of drug-likeness (QED) is 0.418. The Morgan fingerprint density at radius 1 is 1.06 bits per heavy atom. The fraction of sp³-hybridized carbons (Fsp3) is 0.214. The van der Waals surface area contributed by atoms with Gasteiger partial charge < -0.3 is 19.3 Å². The van der Waals surface area contributed by atoms with Gasteiger partial charge in [0.1, 0.15) is 18.1 Å². The number of methoxy groups -OCH3 is 1. The number of para-hydroxylation sites is 1. The number of rotatable bonds is 6. The molecule has 6 heteroatoms. The van der Waals surface area contributed by atoms with Crippen molar-refractivity contribution in [1.29, 1.82) is 0 Å². The Balaban J connectivity index is 1.27. The number of ether oxygens (including phenoxy) is 3. The molecule has 0 aliphatic carbocycles. The molecule has 0 saturated heterocycles. The number of nitrogens with zero attached hydrogens (tertiary/aromatic N) is 1. The van der Waals surface area contributed by atoms with Crippen molar-refractivity contribution in [2.45, 2.75) is 19.1 Å². The van der Waals surface area contributed by atoms with Crippen molar-refractivity contribution in [3.05, 3.63) is 101 Å². The van der Waals surface area contributed by atoms with E-state index in [2.05, 4.69) is 4.98 Å². The molecule has 5 rings (SSSR count). The smallest absolute Gasteiger partial charge is 0.337 e. The average Bonchev–Trinajstić information content (AvgIpc) is 2.89. The normalized spacial score (nSPS) is 17.0. The van der Waals surface area contributed by atoms with E-state index >= 15 is 0 Å². The third-order valence-corrected chi connectivity index (χ3v) is 6.12. The average molecular weight is 456 g/mol. The zero-order valence-electron chi connectivity index (χ0n) is 18.8. The first-order valence-corrected chi connectivity index (χ1v) is 11.2. The summed E-state index contributed by atoms with van der Waals surface area (Å²) in [5.41, 5.74) is 3.99. The second kappa shape index (κ2) is 9.53. The minimum Gasteiger partial charge on any atom is -0.493 e. The van der Waals surface area contributed by atoms with E-state index in [0.717, 1.165) is 22.2 Å². The van der Waals surface area contributed by atoms with E-state index in [1.54, 1.807) is 12.1 Å². The molecule has 3 aromatic carbocycles. The first-order valence-electron chi connectivity index (χ1n) is 11.2. The highest BCUT2D eigenvalue weighted by molar-refractivity contribution is 5.89. The van der Waals surface area contributed by atoms with Crippen LogP contribution in [0.15, 0.2) is 78.9 Å². The molecule has 0 amide bonds. The van der Waals surface area contributed by atoms with Crippen LogP contribution in [0.4, 0.5) is 0 Å². The molecule has 1 aliphatic heterocycles. The third-order valence-electron chi connectivity index (χ3n) is 6.12. The highest BCUT2D eigenvalue weighted by Crippen LogP contribution is 2.39. The van der Waals surface area contributed by atoms with E-state index in [0.29, 0.717) is 42.3 Å². The molecule has 6 nitrogen and oxygen atoms in total. The summed E-state index contributed by atoms with van der Waals surface area (Å²) in [5.74, 6) is 0.835. The lowest BCUT2D eigenvalue weighted by Gasteiger charge is -2.30. The van der Waals surface area contributed by atoms with Gasteiger partial charge in [0.2, 0.25) is 0 Å². The Morgan fingerprint density at radius 3 is 2.71 bits per heavy atom. The van der Waals surface area contributed by atoms with Crippen LogP contribution >= 0.6 is 0 Å². The van der Waals surface area contributed by atoms with Crippen molar-refractivity contribution in [3.8, 4) is 11.5 Å². The second-order valence-electron chi connectivity index (χ2n) is 8.39. The summed E-state index contributed by atoms with van der Waals surface area (Å²) >= 11 is 0. The lowest BCUT2D eigenvalue weighted by Crippen LogP contribution is -2.27. The number of fused-ring (bicyclic) bond motifs is 2. The van der Waals surface area contributed by atoms with E-state index < -0.39 is 6.10 Å². The van der Waals surface area contributed by atoms with Crippen molar-refractivity contribution in [2.24, 2.45) is 5.92 Å². The van der Waals surface area contributed by atoms with Crippen LogP contribution in [0.3, 0.4) is 0 Å². The molecule has 2 unspecified atom stereocenters. The van der Waals surface area contributed by atoms with Gasteiger partial charge in [0.05, 0.1) is 36.6 Å². The topological polar surface area (TPSA) is 77.9 Å². The highest BCUT2D eigenvalue weighted by Gasteiger charge is 2.30. The first-order chi connectivity index (χ1) is 16.6. The zero-order valence-corrected chi connectivity index (χ0v) is 18.8. The van der Waals surface area contributed by atoms with E-state index in [4.69, 9.17) is 14.2 Å². The van der Waals surface area contributed by atoms with Crippen molar-refractivity contribution >= 4 is 16.9 Å². The molecule has 0 spiro atoms. The Bertz CT molecular complexity index is 1320. The van der Waals surface area contributed by atoms with Crippen molar-refractivity contribution < 1.29 is 24.1 Å². The van der Waals surface area contributed by atoms with Gasteiger partial charge in [0.15, 0.2) is 0 Å². The molecule has 0 fully saturated rings. The molecule has 2 atom stereocenters. The van der Waals surface area contributed by atoms with Crippen molar-refractivity contribution in [1.82, 2.24) is 4.98 Å². The summed E-state index contributed by atoms with van der Waals surface area (Å²) in [7, 11) is 1.36. The Hall–Kier alpha value is -3.90. The molecule has 34 heavy (non-hydrogen) atoms. The fourth-order valence-corrected chi connectivity index (χ4v) is 4.23. The van der Waals surface area contributed by atoms with Gasteiger partial charge in [-0.05, 0) is 54.4 Å². The van der Waals surface area contributed by atoms with E-state index in [-0.39, 0.29) is 11.9 Å². The van der Waals surface area contributed by atoms with Crippen LogP contribution in [0.1, 0.15) is 33.3 Å². The summed E-state index contributed by atoms with van der Waals surface area (Å²) in [4.78, 5) is 16.3. The summed E-state index contributed by atoms with van der Waals surface area (Å²) in [5, 5.41) is 12.2. The second-order valence-corrected chi connectivity index (χ2v) is 8.39. The molecule has 1 aromatic heterocycles. The number of aliphatic hydroxyl groups excluding tert-OH is 1. The first kappa shape index (κ1) is 21.9. The van der Waals surface area contributed by atoms with Gasteiger partial charge >= 0.3 is 5.97 Å². The molecule has 4 aromatic rings. The van der Waals surface area contributed by atoms with Crippen molar-refractivity contribution in [3.63, 3.8) is 0 Å². The molecule has 2 heterocycles. The van der Waals surface area contributed by atoms with Gasteiger partial charge in [-0.25, -0.2) is 9.78 Å². The number of hydrogen-bond donors (Lipinski definition) is 1. The number of benzene rings is 3. The molecule has 172 valence electrons. The standard InChI is InChI=1S/C28H25NO5/c1-32-28(31)20-8-6-18(7-9-20)14-21-16-34-26-13-12-23(15-24(26)27(21)30)33-17-22-11-10-19-4-2-3-5-25(19)29-22/h2-13,15,21,27,30H,14,16-17H2,1H3. The third kappa shape index (κ3) is 4.58. The lowest BCUT2D eigenvalue weighted by atomic mass is 9.88. The van der Waals surface area contributed by atoms with Gasteiger partial charge in [-0.1, -0.05) is 36.4 Å². The summed E-state index contributed by atoms with van der Waals surface area (Å²) < 4.78 is 16.6. The minimum absolute atomic E-state index is 0.117. The predicted molar refractivity (Wildman–Crippen MR) is 128 cm³/mol. The van der Waals surface area contributed by atoms with Gasteiger partial charge in [-0.3, -0.25) is 0 Å². The largest absolute Gasteiger partial charge is 0.493 e. The summed E-state index contributed by atoms with van der Waals surface area (Å²) in [6.07, 6.45) is -0.0693. The van der Waals surface area contributed by atoms with E-state index in [1.165, 1.54) is 7.11 Å². The minimum atomic E-state index is -0.689. The Kier molecular flexibility index (Phi) is 6.14. The number of carbonyl (C=O) groups is 1. The van der Waals surface area contributed by atoms with Gasteiger partial charge in [-0.2, -0.15) is 0 Å². The molecule has 1 N–H and O–H groups in total. The molecule has 0 radical (unpaired) electrons. The molecule has 1 aliphatic rings. The summed E-state index contributed by atoms with van der Waals surface area (Å²) in [6, 6.07) is 24.7. The van der Waals surface area contributed by atoms with Crippen LogP contribution in [-0.2, 0) is 17.8 Å². The fourth-order valence-electron chi connectivity index (χ4n) is 4.23. The summed E-state index contributed by atoms with van der Waals surface area (Å²) in [6.45, 7) is 0.741. The number of carbonyl (C=O) groups excluding carboxylic acids is 1. The highest BCUT2D eigenvalue weighted by atomic mass is 16.5. The zero-order chi connectivity index (χ0) is 23.5. The molecule has 0 bridgehead atoms. The van der Waals surface area contributed by atoms with Crippen LogP contribution in [0, 0.1) is 5.92 Å². The number of esters is 1. The monoisotopic (exact) mass is 455 g/mol. The van der Waals surface area contributed by atoms with Crippen LogP contribution in [0.25, 0.3) is 10.9 Å². The van der Waals surface area contributed by atoms with Gasteiger partial charge in [-0.15, -0.1) is 0 Å². The molecular weight excluding hydrogens is 430 g/mol. The Labute approximate surface area is 197 Å².